The van der Waals surface area contributed by atoms with E-state index in [1.54, 1.807) is 4.90 Å². The third kappa shape index (κ3) is 3.36. The summed E-state index contributed by atoms with van der Waals surface area (Å²) in [7, 11) is 3.64. The first-order chi connectivity index (χ1) is 2.27. The molecule has 0 spiro atoms. The number of nitrogens with zero attached hydrogens (tertiary/aromatic N) is 1. The van der Waals surface area contributed by atoms with E-state index in [0.29, 0.717) is 0 Å². The summed E-state index contributed by atoms with van der Waals surface area (Å²) in [5.74, 6) is 0. The fourth-order valence-electron chi connectivity index (χ4n) is 0. The van der Waals surface area contributed by atoms with Crippen LogP contribution in [0.4, 0.5) is 0 Å². The van der Waals surface area contributed by atoms with Crippen LogP contribution < -0.4 is 0 Å². The van der Waals surface area contributed by atoms with Gasteiger partial charge in [0.2, 0.25) is 0 Å². The van der Waals surface area contributed by atoms with Gasteiger partial charge < -0.3 is 4.90 Å². The van der Waals surface area contributed by atoms with Crippen molar-refractivity contribution in [2.24, 2.45) is 0 Å². The van der Waals surface area contributed by atoms with Crippen LogP contribution in [0.5, 0.6) is 0 Å². The van der Waals surface area contributed by atoms with Gasteiger partial charge in [0.25, 0.3) is 0 Å². The minimum atomic E-state index is 1.65. The van der Waals surface area contributed by atoms with Crippen molar-refractivity contribution < 1.29 is 0 Å². The van der Waals surface area contributed by atoms with Crippen LogP contribution in [-0.4, -0.2) is 19.0 Å². The number of hydrogen-bond donors (Lipinski definition) is 0. The van der Waals surface area contributed by atoms with Crippen molar-refractivity contribution in [2.45, 2.75) is 0 Å². The molecule has 0 aromatic rings. The second kappa shape index (κ2) is 1.66. The number of rotatable bonds is 0. The fraction of sp³-hybridized carbons (Fsp3) is 0.500. The predicted molar refractivity (Wildman–Crippen MR) is 22.5 cm³/mol. The molecule has 0 N–H and O–H groups in total. The Balaban J connectivity index is 2.94. The Morgan fingerprint density at radius 2 is 1.80 bits per heavy atom. The molecule has 0 atom stereocenters. The molecule has 5 heavy (non-hydrogen) atoms. The van der Waals surface area contributed by atoms with Crippen LogP contribution in [0.25, 0.3) is 0 Å². The largest absolute Gasteiger partial charge is 0.339 e. The standard InChI is InChI=1S/C4H7N/c1-4-5(2)3/h1H,2-3H3. The Bertz CT molecular complexity index is 49.2. The number of hydrogen-bond acceptors (Lipinski definition) is 1. The first kappa shape index (κ1) is 4.36. The smallest absolute Gasteiger partial charge is 0.0144 e. The maximum absolute atomic E-state index is 4.85. The summed E-state index contributed by atoms with van der Waals surface area (Å²) in [4.78, 5) is 1.65. The zero-order valence-corrected chi connectivity index (χ0v) is 3.52. The molecule has 0 aliphatic heterocycles. The van der Waals surface area contributed by atoms with E-state index in [1.807, 2.05) is 14.1 Å². The third-order valence-corrected chi connectivity index (χ3v) is 0.258. The van der Waals surface area contributed by atoms with E-state index < -0.39 is 0 Å². The van der Waals surface area contributed by atoms with Gasteiger partial charge in [-0.15, -0.1) is 0 Å². The van der Waals surface area contributed by atoms with Gasteiger partial charge in [0.05, 0.1) is 0 Å². The Hall–Kier alpha value is -0.640. The van der Waals surface area contributed by atoms with E-state index in [-0.39, 0.29) is 0 Å². The summed E-state index contributed by atoms with van der Waals surface area (Å²) in [5.41, 5.74) is 0. The Labute approximate surface area is 32.6 Å². The summed E-state index contributed by atoms with van der Waals surface area (Å²) < 4.78 is 0. The second-order valence-corrected chi connectivity index (χ2v) is 1.02. The predicted octanol–water partition coefficient (Wildman–Crippen LogP) is 0.139. The minimum absolute atomic E-state index is 1.65. The molecule has 1 heteroatoms. The molecule has 0 aromatic heterocycles. The van der Waals surface area contributed by atoms with Crippen molar-refractivity contribution in [3.8, 4) is 12.5 Å². The van der Waals surface area contributed by atoms with Crippen LogP contribution in [0, 0.1) is 12.5 Å². The van der Waals surface area contributed by atoms with Gasteiger partial charge in [0.1, 0.15) is 0 Å². The molecule has 0 aromatic carbocycles. The van der Waals surface area contributed by atoms with Crippen molar-refractivity contribution in [2.75, 3.05) is 14.1 Å². The Morgan fingerprint density at radius 1 is 1.60 bits per heavy atom. The van der Waals surface area contributed by atoms with Crippen molar-refractivity contribution in [3.63, 3.8) is 0 Å². The van der Waals surface area contributed by atoms with Gasteiger partial charge in [-0.1, -0.05) is 6.42 Å². The molecule has 0 unspecified atom stereocenters. The van der Waals surface area contributed by atoms with Crippen LogP contribution in [0.15, 0.2) is 0 Å². The van der Waals surface area contributed by atoms with E-state index in [9.17, 15) is 0 Å². The fourth-order valence-corrected chi connectivity index (χ4v) is 0. The molecule has 0 saturated carbocycles. The van der Waals surface area contributed by atoms with Gasteiger partial charge in [0.15, 0.2) is 0 Å². The normalized spacial score (nSPS) is 5.80. The van der Waals surface area contributed by atoms with E-state index in [0.717, 1.165) is 0 Å². The molecule has 0 radical (unpaired) electrons. The highest BCUT2D eigenvalue weighted by Gasteiger charge is 1.62. The molecule has 0 bridgehead atoms. The summed E-state index contributed by atoms with van der Waals surface area (Å²) in [5, 5.41) is 0. The third-order valence-electron chi connectivity index (χ3n) is 0.258. The Kier molecular flexibility index (Phi) is 1.45. The highest BCUT2D eigenvalue weighted by Crippen LogP contribution is 1.56. The van der Waals surface area contributed by atoms with Gasteiger partial charge in [-0.2, -0.15) is 0 Å². The van der Waals surface area contributed by atoms with E-state index in [2.05, 4.69) is 6.04 Å². The van der Waals surface area contributed by atoms with E-state index in [4.69, 9.17) is 6.42 Å². The highest BCUT2D eigenvalue weighted by atomic mass is 15.0. The zero-order valence-electron chi connectivity index (χ0n) is 3.52. The van der Waals surface area contributed by atoms with Crippen molar-refractivity contribution in [3.05, 3.63) is 0 Å². The SMILES string of the molecule is C#CN(C)C. The molecule has 0 aliphatic rings. The van der Waals surface area contributed by atoms with Gasteiger partial charge in [-0.05, 0) is 0 Å². The summed E-state index contributed by atoms with van der Waals surface area (Å²) in [6, 6.07) is 2.36. The first-order valence-electron chi connectivity index (χ1n) is 1.41. The molecule has 28 valence electrons. The molecule has 0 rings (SSSR count). The van der Waals surface area contributed by atoms with Crippen molar-refractivity contribution >= 4 is 0 Å². The first-order valence-corrected chi connectivity index (χ1v) is 1.41. The van der Waals surface area contributed by atoms with Crippen LogP contribution in [-0.2, 0) is 0 Å². The highest BCUT2D eigenvalue weighted by molar-refractivity contribution is 4.78. The molecule has 0 saturated heterocycles. The molecular weight excluding hydrogens is 62.1 g/mol. The van der Waals surface area contributed by atoms with E-state index >= 15 is 0 Å². The van der Waals surface area contributed by atoms with Gasteiger partial charge in [0, 0.05) is 20.1 Å². The van der Waals surface area contributed by atoms with Crippen LogP contribution in [0.1, 0.15) is 0 Å². The van der Waals surface area contributed by atoms with Gasteiger partial charge >= 0.3 is 0 Å². The topological polar surface area (TPSA) is 3.24 Å². The summed E-state index contributed by atoms with van der Waals surface area (Å²) in [6.07, 6.45) is 4.85. The van der Waals surface area contributed by atoms with Crippen molar-refractivity contribution in [1.29, 1.82) is 0 Å². The monoisotopic (exact) mass is 69.1 g/mol. The van der Waals surface area contributed by atoms with Crippen molar-refractivity contribution in [1.82, 2.24) is 4.90 Å². The van der Waals surface area contributed by atoms with Crippen LogP contribution in [0.2, 0.25) is 0 Å². The molecular formula is C4H7N. The van der Waals surface area contributed by atoms with Gasteiger partial charge in [-0.3, -0.25) is 0 Å². The summed E-state index contributed by atoms with van der Waals surface area (Å²) in [6.45, 7) is 0. The molecule has 0 amide bonds. The van der Waals surface area contributed by atoms with Gasteiger partial charge in [-0.25, -0.2) is 0 Å². The van der Waals surface area contributed by atoms with E-state index in [1.165, 1.54) is 0 Å². The lowest BCUT2D eigenvalue weighted by Gasteiger charge is -1.93. The Morgan fingerprint density at radius 3 is 1.80 bits per heavy atom. The average Bonchev–Trinajstić information content (AvgIpc) is 1.38. The molecule has 0 heterocycles. The second-order valence-electron chi connectivity index (χ2n) is 1.02. The van der Waals surface area contributed by atoms with Crippen LogP contribution in [0.3, 0.4) is 0 Å². The lowest BCUT2D eigenvalue weighted by atomic mass is 10.9. The lowest BCUT2D eigenvalue weighted by Crippen LogP contribution is -1.99. The summed E-state index contributed by atoms with van der Waals surface area (Å²) >= 11 is 0. The molecule has 0 aliphatic carbocycles. The van der Waals surface area contributed by atoms with Crippen LogP contribution >= 0.6 is 0 Å². The maximum atomic E-state index is 4.85. The zero-order chi connectivity index (χ0) is 4.28. The minimum Gasteiger partial charge on any atom is -0.339 e. The number of terminal acetylenes is 1. The maximum Gasteiger partial charge on any atom is 0.0144 e. The average molecular weight is 69.1 g/mol. The lowest BCUT2D eigenvalue weighted by molar-refractivity contribution is 0.598. The molecule has 1 nitrogen and oxygen atoms in total. The molecule has 0 fully saturated rings. The quantitative estimate of drug-likeness (QED) is 0.289.